The molecule has 6 rings (SSSR count). The van der Waals surface area contributed by atoms with Crippen LogP contribution in [0.15, 0.2) is 34.3 Å². The number of rotatable bonds is 4. The van der Waals surface area contributed by atoms with Crippen molar-refractivity contribution in [2.45, 2.75) is 25.3 Å². The predicted molar refractivity (Wildman–Crippen MR) is 129 cm³/mol. The lowest BCUT2D eigenvalue weighted by atomic mass is 10.2. The van der Waals surface area contributed by atoms with Crippen LogP contribution in [0, 0.1) is 11.3 Å². The summed E-state index contributed by atoms with van der Waals surface area (Å²) in [5.74, 6) is 0.971. The van der Waals surface area contributed by atoms with E-state index in [2.05, 4.69) is 35.9 Å². The Balaban J connectivity index is 1.39. The highest BCUT2D eigenvalue weighted by Gasteiger charge is 2.23. The van der Waals surface area contributed by atoms with Crippen LogP contribution in [-0.4, -0.2) is 71.9 Å². The number of hydrogen-bond acceptors (Lipinski definition) is 10. The summed E-state index contributed by atoms with van der Waals surface area (Å²) in [6.07, 6.45) is 7.80. The lowest BCUT2D eigenvalue weighted by Crippen LogP contribution is -2.35. The van der Waals surface area contributed by atoms with Gasteiger partial charge in [0.05, 0.1) is 17.8 Å². The Morgan fingerprint density at radius 1 is 1.17 bits per heavy atom. The summed E-state index contributed by atoms with van der Waals surface area (Å²) in [5.41, 5.74) is 1.29. The molecule has 0 bridgehead atoms. The van der Waals surface area contributed by atoms with Gasteiger partial charge in [0.2, 0.25) is 11.8 Å². The minimum Gasteiger partial charge on any atom is -0.493 e. The molecule has 0 amide bonds. The van der Waals surface area contributed by atoms with Gasteiger partial charge < -0.3 is 19.9 Å². The number of nitrogens with zero attached hydrogens (tertiary/aromatic N) is 9. The van der Waals surface area contributed by atoms with Gasteiger partial charge in [0, 0.05) is 37.6 Å². The number of fused-ring (bicyclic) bond motifs is 1. The molecule has 13 heteroatoms. The van der Waals surface area contributed by atoms with Crippen molar-refractivity contribution in [3.05, 3.63) is 57.1 Å². The zero-order chi connectivity index (χ0) is 24.6. The van der Waals surface area contributed by atoms with E-state index in [0.717, 1.165) is 32.4 Å². The quantitative estimate of drug-likeness (QED) is 0.343. The van der Waals surface area contributed by atoms with Crippen LogP contribution >= 0.6 is 0 Å². The third-order valence-corrected chi connectivity index (χ3v) is 6.23. The van der Waals surface area contributed by atoms with E-state index in [1.165, 1.54) is 0 Å². The maximum Gasteiger partial charge on any atom is 0.326 e. The number of pyridine rings is 1. The fraction of sp³-hybridized carbons (Fsp3) is 0.348. The molecule has 4 aromatic rings. The number of hydrogen-bond donors (Lipinski definition) is 3. The van der Waals surface area contributed by atoms with Crippen LogP contribution in [-0.2, 0) is 0 Å². The third-order valence-electron chi connectivity index (χ3n) is 6.23. The van der Waals surface area contributed by atoms with E-state index in [-0.39, 0.29) is 17.6 Å². The first-order chi connectivity index (χ1) is 17.6. The maximum absolute atomic E-state index is 11.6. The summed E-state index contributed by atoms with van der Waals surface area (Å²) in [7, 11) is 0. The molecule has 3 N–H and O–H groups in total. The van der Waals surface area contributed by atoms with Gasteiger partial charge in [-0.15, -0.1) is 0 Å². The molecule has 36 heavy (non-hydrogen) atoms. The molecule has 0 aromatic carbocycles. The molecule has 0 atom stereocenters. The molecule has 1 saturated heterocycles. The number of anilines is 2. The van der Waals surface area contributed by atoms with Crippen LogP contribution in [0.3, 0.4) is 0 Å². The standard InChI is InChI=1S/C23H23N11O2/c24-12-14-3-1-6-25-18(14)32-7-2-8-33(10-9-32)21-29-19-15(11-17-20(35)30-23(36)28-17)13-26-34(19)22(31-21)27-16-4-5-16/h1,3,6,11,13,16,35H,2,4-5,7-10H2,(H2,28,30,36)/b15-11+,27-22?. The second kappa shape index (κ2) is 8.81. The van der Waals surface area contributed by atoms with Crippen molar-refractivity contribution in [3.63, 3.8) is 0 Å². The van der Waals surface area contributed by atoms with Crippen LogP contribution in [0.1, 0.15) is 30.5 Å². The summed E-state index contributed by atoms with van der Waals surface area (Å²) >= 11 is 0. The average Bonchev–Trinajstić information content (AvgIpc) is 3.59. The zero-order valence-corrected chi connectivity index (χ0v) is 19.3. The number of H-pyrrole nitrogens is 2. The van der Waals surface area contributed by atoms with Gasteiger partial charge in [0.1, 0.15) is 17.6 Å². The Bertz CT molecular complexity index is 1660. The smallest absolute Gasteiger partial charge is 0.326 e. The highest BCUT2D eigenvalue weighted by Crippen LogP contribution is 2.23. The van der Waals surface area contributed by atoms with Crippen molar-refractivity contribution >= 4 is 23.5 Å². The van der Waals surface area contributed by atoms with Crippen LogP contribution in [0.25, 0.3) is 11.7 Å². The van der Waals surface area contributed by atoms with Crippen molar-refractivity contribution in [1.82, 2.24) is 34.5 Å². The second-order valence-corrected chi connectivity index (χ2v) is 8.82. The van der Waals surface area contributed by atoms with Crippen LogP contribution in [0.2, 0.25) is 0 Å². The molecular weight excluding hydrogens is 462 g/mol. The van der Waals surface area contributed by atoms with E-state index < -0.39 is 5.69 Å². The van der Waals surface area contributed by atoms with E-state index in [1.807, 2.05) is 0 Å². The summed E-state index contributed by atoms with van der Waals surface area (Å²) < 4.78 is 1.59. The lowest BCUT2D eigenvalue weighted by molar-refractivity contribution is 0.454. The topological polar surface area (TPSA) is 167 Å². The van der Waals surface area contributed by atoms with Crippen molar-refractivity contribution in [1.29, 1.82) is 5.26 Å². The van der Waals surface area contributed by atoms with Crippen molar-refractivity contribution in [2.75, 3.05) is 36.0 Å². The van der Waals surface area contributed by atoms with E-state index >= 15 is 0 Å². The summed E-state index contributed by atoms with van der Waals surface area (Å²) in [6.45, 7) is 2.78. The molecule has 0 spiro atoms. The molecule has 1 aliphatic carbocycles. The molecule has 1 saturated carbocycles. The SMILES string of the molecule is N#Cc1cccnc1N1CCCN(c2nc(=NC3CC3)n3nc/c(=C\c4[nH]c(=O)[nH]c4O)c3n2)CC1. The van der Waals surface area contributed by atoms with Gasteiger partial charge in [-0.2, -0.15) is 24.8 Å². The van der Waals surface area contributed by atoms with Gasteiger partial charge in [-0.25, -0.2) is 14.8 Å². The first-order valence-corrected chi connectivity index (χ1v) is 11.8. The van der Waals surface area contributed by atoms with E-state index in [1.54, 1.807) is 35.1 Å². The molecule has 1 aliphatic heterocycles. The zero-order valence-electron chi connectivity index (χ0n) is 19.3. The number of aromatic hydroxyl groups is 1. The molecule has 182 valence electrons. The molecule has 2 fully saturated rings. The summed E-state index contributed by atoms with van der Waals surface area (Å²) in [4.78, 5) is 39.4. The Hall–Kier alpha value is -4.73. The van der Waals surface area contributed by atoms with Gasteiger partial charge in [-0.1, -0.05) is 0 Å². The lowest BCUT2D eigenvalue weighted by Gasteiger charge is -2.23. The molecular formula is C23H23N11O2. The fourth-order valence-corrected chi connectivity index (χ4v) is 4.28. The van der Waals surface area contributed by atoms with Gasteiger partial charge >= 0.3 is 5.69 Å². The molecule has 0 radical (unpaired) electrons. The number of aromatic nitrogens is 7. The number of nitriles is 1. The number of aromatic amines is 2. The fourth-order valence-electron chi connectivity index (χ4n) is 4.28. The van der Waals surface area contributed by atoms with E-state index in [9.17, 15) is 15.2 Å². The minimum absolute atomic E-state index is 0.228. The molecule has 0 unspecified atom stereocenters. The second-order valence-electron chi connectivity index (χ2n) is 8.82. The minimum atomic E-state index is -0.503. The van der Waals surface area contributed by atoms with Crippen molar-refractivity contribution in [2.24, 2.45) is 4.99 Å². The largest absolute Gasteiger partial charge is 0.493 e. The molecule has 2 aliphatic rings. The maximum atomic E-state index is 11.6. The Labute approximate surface area is 204 Å². The van der Waals surface area contributed by atoms with Gasteiger partial charge in [0.15, 0.2) is 5.65 Å². The normalized spacial score (nSPS) is 17.5. The van der Waals surface area contributed by atoms with Gasteiger partial charge in [0.25, 0.3) is 5.62 Å². The number of imidazole rings is 1. The molecule has 4 aromatic heterocycles. The van der Waals surface area contributed by atoms with Crippen LogP contribution in [0.5, 0.6) is 5.88 Å². The van der Waals surface area contributed by atoms with E-state index in [4.69, 9.17) is 15.0 Å². The average molecular weight is 486 g/mol. The first-order valence-electron chi connectivity index (χ1n) is 11.8. The Morgan fingerprint density at radius 2 is 2.00 bits per heavy atom. The highest BCUT2D eigenvalue weighted by atomic mass is 16.3. The number of nitrogens with one attached hydrogen (secondary N) is 2. The summed E-state index contributed by atoms with van der Waals surface area (Å²) in [5, 5.41) is 24.5. The summed E-state index contributed by atoms with van der Waals surface area (Å²) in [6, 6.07) is 6.00. The third kappa shape index (κ3) is 4.13. The van der Waals surface area contributed by atoms with E-state index in [0.29, 0.717) is 46.9 Å². The highest BCUT2D eigenvalue weighted by molar-refractivity contribution is 5.57. The van der Waals surface area contributed by atoms with Gasteiger partial charge in [-0.3, -0.25) is 4.98 Å². The van der Waals surface area contributed by atoms with Crippen molar-refractivity contribution < 1.29 is 5.11 Å². The van der Waals surface area contributed by atoms with Gasteiger partial charge in [-0.05, 0) is 37.5 Å². The first kappa shape index (κ1) is 21.8. The molecule has 5 heterocycles. The monoisotopic (exact) mass is 485 g/mol. The Kier molecular flexibility index (Phi) is 5.33. The Morgan fingerprint density at radius 3 is 2.78 bits per heavy atom. The molecule has 13 nitrogen and oxygen atoms in total. The van der Waals surface area contributed by atoms with Crippen LogP contribution < -0.4 is 26.3 Å². The van der Waals surface area contributed by atoms with Crippen LogP contribution in [0.4, 0.5) is 11.8 Å². The van der Waals surface area contributed by atoms with Crippen molar-refractivity contribution in [3.8, 4) is 11.9 Å². The predicted octanol–water partition coefficient (Wildman–Crippen LogP) is -0.560.